The fourth-order valence-electron chi connectivity index (χ4n) is 2.65. The van der Waals surface area contributed by atoms with E-state index < -0.39 is 0 Å². The van der Waals surface area contributed by atoms with Crippen molar-refractivity contribution in [2.45, 2.75) is 50.1 Å². The Morgan fingerprint density at radius 1 is 1.24 bits per heavy atom. The highest BCUT2D eigenvalue weighted by Crippen LogP contribution is 2.27. The molecule has 2 heteroatoms. The Balaban J connectivity index is 1.80. The topological polar surface area (TPSA) is 12.0 Å². The minimum atomic E-state index is 0.665. The van der Waals surface area contributed by atoms with Gasteiger partial charge in [0.15, 0.2) is 0 Å². The van der Waals surface area contributed by atoms with E-state index in [4.69, 9.17) is 0 Å². The van der Waals surface area contributed by atoms with Crippen molar-refractivity contribution < 1.29 is 0 Å². The lowest BCUT2D eigenvalue weighted by molar-refractivity contribution is 0.380. The molecule has 1 aliphatic carbocycles. The number of thioether (sulfide) groups is 1. The van der Waals surface area contributed by atoms with Crippen LogP contribution in [0.15, 0.2) is 29.2 Å². The lowest BCUT2D eigenvalue weighted by Crippen LogP contribution is -2.31. The van der Waals surface area contributed by atoms with E-state index in [0.29, 0.717) is 6.04 Å². The second kappa shape index (κ2) is 6.46. The van der Waals surface area contributed by atoms with Gasteiger partial charge in [-0.3, -0.25) is 0 Å². The molecule has 0 unspecified atom stereocenters. The van der Waals surface area contributed by atoms with Crippen LogP contribution in [0.2, 0.25) is 0 Å². The Hall–Kier alpha value is -0.470. The molecule has 1 aliphatic rings. The molecule has 0 bridgehead atoms. The van der Waals surface area contributed by atoms with E-state index in [9.17, 15) is 0 Å². The van der Waals surface area contributed by atoms with Gasteiger partial charge in [-0.2, -0.15) is 0 Å². The Labute approximate surface area is 109 Å². The summed E-state index contributed by atoms with van der Waals surface area (Å²) < 4.78 is 0. The summed E-state index contributed by atoms with van der Waals surface area (Å²) in [7, 11) is 0. The Kier molecular flexibility index (Phi) is 4.93. The summed E-state index contributed by atoms with van der Waals surface area (Å²) in [6, 6.07) is 9.56. The van der Waals surface area contributed by atoms with Crippen molar-refractivity contribution in [3.63, 3.8) is 0 Å². The average Bonchev–Trinajstić information content (AvgIpc) is 2.90. The van der Waals surface area contributed by atoms with Gasteiger partial charge in [-0.05, 0) is 49.6 Å². The van der Waals surface area contributed by atoms with E-state index in [1.165, 1.54) is 36.1 Å². The molecule has 0 radical (unpaired) electrons. The third-order valence-electron chi connectivity index (χ3n) is 3.89. The van der Waals surface area contributed by atoms with Crippen LogP contribution in [-0.4, -0.2) is 12.3 Å². The van der Waals surface area contributed by atoms with Crippen LogP contribution in [0.1, 0.15) is 38.2 Å². The minimum absolute atomic E-state index is 0.665. The highest BCUT2D eigenvalue weighted by Gasteiger charge is 2.20. The molecule has 0 spiro atoms. The van der Waals surface area contributed by atoms with E-state index in [2.05, 4.69) is 42.8 Å². The Bertz CT molecular complexity index is 327. The summed E-state index contributed by atoms with van der Waals surface area (Å²) in [6.45, 7) is 3.35. The zero-order chi connectivity index (χ0) is 12.1. The number of hydrogen-bond donors (Lipinski definition) is 1. The summed E-state index contributed by atoms with van der Waals surface area (Å²) in [4.78, 5) is 1.34. The summed E-state index contributed by atoms with van der Waals surface area (Å²) in [6.07, 6.45) is 7.81. The monoisotopic (exact) mass is 249 g/mol. The molecule has 1 saturated carbocycles. The van der Waals surface area contributed by atoms with Gasteiger partial charge in [0.25, 0.3) is 0 Å². The standard InChI is InChI=1S/C15H23NS/c1-12(14-5-3-4-6-14)16-11-13-7-9-15(17-2)10-8-13/h7-10,12,14,16H,3-6,11H2,1-2H3/t12-/m0/s1. The summed E-state index contributed by atoms with van der Waals surface area (Å²) in [5, 5.41) is 3.67. The number of nitrogens with one attached hydrogen (secondary N) is 1. The van der Waals surface area contributed by atoms with Gasteiger partial charge in [0, 0.05) is 17.5 Å². The van der Waals surface area contributed by atoms with E-state index >= 15 is 0 Å². The highest BCUT2D eigenvalue weighted by atomic mass is 32.2. The summed E-state index contributed by atoms with van der Waals surface area (Å²) in [5.74, 6) is 0.903. The molecule has 1 N–H and O–H groups in total. The molecule has 94 valence electrons. The van der Waals surface area contributed by atoms with Gasteiger partial charge in [-0.15, -0.1) is 11.8 Å². The maximum atomic E-state index is 3.67. The van der Waals surface area contributed by atoms with E-state index in [0.717, 1.165) is 12.5 Å². The molecule has 0 aliphatic heterocycles. The molecule has 2 rings (SSSR count). The first-order chi connectivity index (χ1) is 8.29. The Morgan fingerprint density at radius 3 is 2.47 bits per heavy atom. The lowest BCUT2D eigenvalue weighted by Gasteiger charge is -2.20. The molecule has 1 aromatic carbocycles. The molecule has 0 saturated heterocycles. The number of rotatable bonds is 5. The average molecular weight is 249 g/mol. The smallest absolute Gasteiger partial charge is 0.0208 e. The van der Waals surface area contributed by atoms with E-state index in [-0.39, 0.29) is 0 Å². The van der Waals surface area contributed by atoms with Crippen molar-refractivity contribution in [1.29, 1.82) is 0 Å². The number of benzene rings is 1. The van der Waals surface area contributed by atoms with Crippen molar-refractivity contribution in [3.05, 3.63) is 29.8 Å². The molecule has 0 aromatic heterocycles. The maximum Gasteiger partial charge on any atom is 0.0208 e. The van der Waals surface area contributed by atoms with Crippen molar-refractivity contribution in [2.24, 2.45) is 5.92 Å². The van der Waals surface area contributed by atoms with Crippen molar-refractivity contribution in [3.8, 4) is 0 Å². The van der Waals surface area contributed by atoms with Crippen LogP contribution in [0.25, 0.3) is 0 Å². The molecule has 0 heterocycles. The summed E-state index contributed by atoms with van der Waals surface area (Å²) >= 11 is 1.80. The van der Waals surface area contributed by atoms with Gasteiger partial charge in [-0.25, -0.2) is 0 Å². The highest BCUT2D eigenvalue weighted by molar-refractivity contribution is 7.98. The first-order valence-electron chi connectivity index (χ1n) is 6.66. The molecule has 17 heavy (non-hydrogen) atoms. The predicted octanol–water partition coefficient (Wildman–Crippen LogP) is 4.08. The molecule has 1 aromatic rings. The van der Waals surface area contributed by atoms with Crippen LogP contribution in [0, 0.1) is 5.92 Å². The zero-order valence-electron chi connectivity index (χ0n) is 10.9. The van der Waals surface area contributed by atoms with Gasteiger partial charge in [0.05, 0.1) is 0 Å². The predicted molar refractivity (Wildman–Crippen MR) is 76.5 cm³/mol. The normalized spacial score (nSPS) is 18.5. The van der Waals surface area contributed by atoms with Crippen LogP contribution < -0.4 is 5.32 Å². The largest absolute Gasteiger partial charge is 0.310 e. The van der Waals surface area contributed by atoms with Crippen molar-refractivity contribution >= 4 is 11.8 Å². The molecule has 1 nitrogen and oxygen atoms in total. The third kappa shape index (κ3) is 3.75. The first-order valence-corrected chi connectivity index (χ1v) is 7.88. The maximum absolute atomic E-state index is 3.67. The minimum Gasteiger partial charge on any atom is -0.310 e. The first kappa shape index (κ1) is 13.0. The van der Waals surface area contributed by atoms with Crippen molar-refractivity contribution in [1.82, 2.24) is 5.32 Å². The van der Waals surface area contributed by atoms with Gasteiger partial charge in [0.2, 0.25) is 0 Å². The van der Waals surface area contributed by atoms with Gasteiger partial charge in [0.1, 0.15) is 0 Å². The second-order valence-electron chi connectivity index (χ2n) is 5.06. The van der Waals surface area contributed by atoms with Crippen LogP contribution in [0.3, 0.4) is 0 Å². The van der Waals surface area contributed by atoms with Crippen LogP contribution in [-0.2, 0) is 6.54 Å². The third-order valence-corrected chi connectivity index (χ3v) is 4.64. The van der Waals surface area contributed by atoms with Crippen LogP contribution in [0.5, 0.6) is 0 Å². The van der Waals surface area contributed by atoms with Gasteiger partial charge in [-0.1, -0.05) is 25.0 Å². The van der Waals surface area contributed by atoms with Gasteiger partial charge >= 0.3 is 0 Å². The van der Waals surface area contributed by atoms with Crippen LogP contribution in [0.4, 0.5) is 0 Å². The van der Waals surface area contributed by atoms with E-state index in [1.54, 1.807) is 11.8 Å². The van der Waals surface area contributed by atoms with Crippen LogP contribution >= 0.6 is 11.8 Å². The summed E-state index contributed by atoms with van der Waals surface area (Å²) in [5.41, 5.74) is 1.40. The second-order valence-corrected chi connectivity index (χ2v) is 5.94. The molecular formula is C15H23NS. The quantitative estimate of drug-likeness (QED) is 0.789. The zero-order valence-corrected chi connectivity index (χ0v) is 11.7. The molecule has 1 fully saturated rings. The molecule has 0 amide bonds. The number of hydrogen-bond acceptors (Lipinski definition) is 2. The SMILES string of the molecule is CSc1ccc(CN[C@@H](C)C2CCCC2)cc1. The van der Waals surface area contributed by atoms with Crippen molar-refractivity contribution in [2.75, 3.05) is 6.26 Å². The fourth-order valence-corrected chi connectivity index (χ4v) is 3.05. The molecule has 1 atom stereocenters. The Morgan fingerprint density at radius 2 is 1.88 bits per heavy atom. The molecular weight excluding hydrogens is 226 g/mol. The van der Waals surface area contributed by atoms with Gasteiger partial charge < -0.3 is 5.32 Å². The lowest BCUT2D eigenvalue weighted by atomic mass is 9.99. The van der Waals surface area contributed by atoms with E-state index in [1.807, 2.05) is 0 Å². The fraction of sp³-hybridized carbons (Fsp3) is 0.600.